The molecule has 3 atom stereocenters. The van der Waals surface area contributed by atoms with Crippen molar-refractivity contribution in [1.29, 1.82) is 0 Å². The average molecular weight is 513 g/mol. The van der Waals surface area contributed by atoms with Crippen molar-refractivity contribution in [2.45, 2.75) is 23.5 Å². The lowest BCUT2D eigenvalue weighted by Gasteiger charge is -2.26. The maximum atomic E-state index is 13.5. The minimum absolute atomic E-state index is 0.101. The third-order valence-electron chi connectivity index (χ3n) is 4.14. The molecule has 0 saturated heterocycles. The highest BCUT2D eigenvalue weighted by atomic mass is 35.5. The molecule has 0 radical (unpaired) electrons. The number of hydrogen-bond acceptors (Lipinski definition) is 7. The lowest BCUT2D eigenvalue weighted by molar-refractivity contribution is -0.201. The zero-order valence-electron chi connectivity index (χ0n) is 16.7. The van der Waals surface area contributed by atoms with Crippen LogP contribution in [0.15, 0.2) is 41.4 Å². The van der Waals surface area contributed by atoms with Crippen LogP contribution in [-0.2, 0) is 9.47 Å². The molecule has 32 heavy (non-hydrogen) atoms. The Balaban J connectivity index is 2.17. The van der Waals surface area contributed by atoms with Crippen LogP contribution in [0.5, 0.6) is 0 Å². The van der Waals surface area contributed by atoms with Gasteiger partial charge in [-0.2, -0.15) is 0 Å². The largest absolute Gasteiger partial charge is 0.397 e. The maximum Gasteiger partial charge on any atom is 0.194 e. The van der Waals surface area contributed by atoms with Crippen molar-refractivity contribution in [3.8, 4) is 0 Å². The van der Waals surface area contributed by atoms with Gasteiger partial charge in [-0.1, -0.05) is 23.2 Å². The Kier molecular flexibility index (Phi) is 10.4. The first-order valence-corrected chi connectivity index (χ1v) is 10.8. The van der Waals surface area contributed by atoms with Gasteiger partial charge in [0.1, 0.15) is 12.3 Å². The molecule has 2 aromatic carbocycles. The number of benzene rings is 2. The van der Waals surface area contributed by atoms with Crippen molar-refractivity contribution in [2.75, 3.05) is 19.5 Å². The zero-order valence-corrected chi connectivity index (χ0v) is 19.0. The third-order valence-corrected chi connectivity index (χ3v) is 5.93. The number of nitrogens with two attached hydrogens (primary N) is 1. The van der Waals surface area contributed by atoms with E-state index in [2.05, 4.69) is 5.32 Å². The molecule has 0 fully saturated rings. The average Bonchev–Trinajstić information content (AvgIpc) is 2.76. The van der Waals surface area contributed by atoms with E-state index in [4.69, 9.17) is 38.4 Å². The Hall–Kier alpha value is -1.66. The van der Waals surface area contributed by atoms with Gasteiger partial charge in [-0.15, -0.1) is 11.8 Å². The van der Waals surface area contributed by atoms with Crippen LogP contribution in [0.2, 0.25) is 10.0 Å². The van der Waals surface area contributed by atoms with Crippen LogP contribution in [0.1, 0.15) is 5.56 Å². The van der Waals surface area contributed by atoms with Gasteiger partial charge in [-0.3, -0.25) is 0 Å². The number of methoxy groups -OCH3 is 1. The summed E-state index contributed by atoms with van der Waals surface area (Å²) in [7, 11) is 1.29. The normalized spacial score (nSPS) is 14.8. The fourth-order valence-corrected chi connectivity index (χ4v) is 3.64. The van der Waals surface area contributed by atoms with Crippen molar-refractivity contribution in [2.24, 2.45) is 5.73 Å². The molecule has 6 nitrogen and oxygen atoms in total. The molecule has 3 unspecified atom stereocenters. The lowest BCUT2D eigenvalue weighted by atomic mass is 10.1. The molecular weight excluding hydrogens is 492 g/mol. The van der Waals surface area contributed by atoms with Crippen LogP contribution in [-0.4, -0.2) is 48.3 Å². The number of aliphatic hydroxyl groups excluding tert-OH is 2. The predicted octanol–water partition coefficient (Wildman–Crippen LogP) is 3.72. The van der Waals surface area contributed by atoms with Crippen molar-refractivity contribution in [1.82, 2.24) is 5.32 Å². The van der Waals surface area contributed by atoms with Crippen LogP contribution >= 0.6 is 35.0 Å². The maximum absolute atomic E-state index is 13.5. The van der Waals surface area contributed by atoms with Gasteiger partial charge in [0.2, 0.25) is 0 Å². The van der Waals surface area contributed by atoms with Gasteiger partial charge in [0, 0.05) is 29.5 Å². The van der Waals surface area contributed by atoms with E-state index in [0.717, 1.165) is 17.0 Å². The fraction of sp³-hybridized carbons (Fsp3) is 0.300. The van der Waals surface area contributed by atoms with E-state index in [9.17, 15) is 23.4 Å². The summed E-state index contributed by atoms with van der Waals surface area (Å²) in [5.74, 6) is -4.18. The summed E-state index contributed by atoms with van der Waals surface area (Å²) in [6, 6.07) is 6.47. The summed E-state index contributed by atoms with van der Waals surface area (Å²) < 4.78 is 50.5. The highest BCUT2D eigenvalue weighted by molar-refractivity contribution is 7.99. The van der Waals surface area contributed by atoms with E-state index in [-0.39, 0.29) is 17.0 Å². The van der Waals surface area contributed by atoms with Gasteiger partial charge in [0.25, 0.3) is 0 Å². The number of rotatable bonds is 11. The second-order valence-electron chi connectivity index (χ2n) is 6.38. The monoisotopic (exact) mass is 512 g/mol. The van der Waals surface area contributed by atoms with Crippen molar-refractivity contribution in [3.63, 3.8) is 0 Å². The standard InChI is InChI=1S/C20H21Cl2F3N2O4S/c1-30-17(8-28)20(29)31-18(9-32-11-2-3-12(21)13(22)6-11)27-7-16(26)10-4-14(23)19(25)15(24)5-10/h2-7,17-18,20,27-29H,8-9,26H2,1H3/b16-7-. The summed E-state index contributed by atoms with van der Waals surface area (Å²) in [5.41, 5.74) is 5.62. The van der Waals surface area contributed by atoms with E-state index in [1.165, 1.54) is 25.1 Å². The first-order valence-electron chi connectivity index (χ1n) is 9.07. The number of halogens is 5. The Morgan fingerprint density at radius 1 is 1.19 bits per heavy atom. The number of aliphatic hydroxyl groups is 2. The van der Waals surface area contributed by atoms with Crippen LogP contribution in [0.25, 0.3) is 5.70 Å². The molecule has 2 rings (SSSR count). The molecule has 0 saturated carbocycles. The molecule has 0 aromatic heterocycles. The highest BCUT2D eigenvalue weighted by Crippen LogP contribution is 2.28. The summed E-state index contributed by atoms with van der Waals surface area (Å²) in [4.78, 5) is 0.745. The van der Waals surface area contributed by atoms with Gasteiger partial charge in [-0.05, 0) is 30.3 Å². The van der Waals surface area contributed by atoms with Crippen LogP contribution in [0, 0.1) is 17.5 Å². The number of thioether (sulfide) groups is 1. The third kappa shape index (κ3) is 7.45. The van der Waals surface area contributed by atoms with Gasteiger partial charge in [-0.25, -0.2) is 13.2 Å². The van der Waals surface area contributed by atoms with E-state index in [1.54, 1.807) is 18.2 Å². The molecule has 0 spiro atoms. The molecule has 0 amide bonds. The van der Waals surface area contributed by atoms with Crippen LogP contribution in [0.4, 0.5) is 13.2 Å². The predicted molar refractivity (Wildman–Crippen MR) is 118 cm³/mol. The lowest BCUT2D eigenvalue weighted by Crippen LogP contribution is -2.41. The van der Waals surface area contributed by atoms with Crippen molar-refractivity contribution in [3.05, 3.63) is 69.6 Å². The van der Waals surface area contributed by atoms with E-state index < -0.39 is 42.7 Å². The van der Waals surface area contributed by atoms with Gasteiger partial charge >= 0.3 is 0 Å². The quantitative estimate of drug-likeness (QED) is 0.207. The first kappa shape index (κ1) is 26.6. The van der Waals surface area contributed by atoms with Gasteiger partial charge in [0.15, 0.2) is 23.7 Å². The minimum Gasteiger partial charge on any atom is -0.397 e. The zero-order chi connectivity index (χ0) is 23.8. The molecule has 0 aliphatic heterocycles. The summed E-state index contributed by atoms with van der Waals surface area (Å²) in [5, 5.41) is 22.9. The Morgan fingerprint density at radius 3 is 2.41 bits per heavy atom. The first-order chi connectivity index (χ1) is 15.2. The molecule has 0 heterocycles. The molecule has 0 aliphatic rings. The molecule has 5 N–H and O–H groups in total. The minimum atomic E-state index is -1.61. The molecule has 0 bridgehead atoms. The van der Waals surface area contributed by atoms with Gasteiger partial charge in [0.05, 0.1) is 22.3 Å². The van der Waals surface area contributed by atoms with Crippen LogP contribution in [0.3, 0.4) is 0 Å². The highest BCUT2D eigenvalue weighted by Gasteiger charge is 2.23. The Bertz CT molecular complexity index is 928. The Morgan fingerprint density at radius 2 is 1.84 bits per heavy atom. The molecule has 12 heteroatoms. The molecule has 2 aromatic rings. The summed E-state index contributed by atoms with van der Waals surface area (Å²) in [6.07, 6.45) is -2.23. The second kappa shape index (κ2) is 12.5. The topological polar surface area (TPSA) is 97.0 Å². The van der Waals surface area contributed by atoms with E-state index in [0.29, 0.717) is 10.0 Å². The summed E-state index contributed by atoms with van der Waals surface area (Å²) >= 11 is 13.2. The molecule has 176 valence electrons. The SMILES string of the molecule is COC(CO)C(O)OC(CSc1ccc(Cl)c(Cl)c1)N/C=C(\N)c1cc(F)c(F)c(F)c1. The smallest absolute Gasteiger partial charge is 0.194 e. The van der Waals surface area contributed by atoms with Crippen molar-refractivity contribution < 1.29 is 32.9 Å². The van der Waals surface area contributed by atoms with E-state index >= 15 is 0 Å². The molecular formula is C20H21Cl2F3N2O4S. The number of ether oxygens (including phenoxy) is 2. The fourth-order valence-electron chi connectivity index (χ4n) is 2.39. The number of nitrogens with one attached hydrogen (secondary N) is 1. The molecule has 0 aliphatic carbocycles. The van der Waals surface area contributed by atoms with Crippen molar-refractivity contribution >= 4 is 40.7 Å². The van der Waals surface area contributed by atoms with Gasteiger partial charge < -0.3 is 30.7 Å². The summed E-state index contributed by atoms with van der Waals surface area (Å²) in [6.45, 7) is -0.504. The number of hydrogen-bond donors (Lipinski definition) is 4. The second-order valence-corrected chi connectivity index (χ2v) is 8.29. The Labute approximate surface area is 197 Å². The van der Waals surface area contributed by atoms with E-state index in [1.807, 2.05) is 0 Å². The van der Waals surface area contributed by atoms with Crippen LogP contribution < -0.4 is 11.1 Å².